The fourth-order valence-corrected chi connectivity index (χ4v) is 4.13. The van der Waals surface area contributed by atoms with Crippen molar-refractivity contribution in [3.8, 4) is 11.1 Å². The molecule has 1 aliphatic carbocycles. The third-order valence-electron chi connectivity index (χ3n) is 5.80. The van der Waals surface area contributed by atoms with E-state index in [1.165, 1.54) is 12.6 Å². The monoisotopic (exact) mass is 463 g/mol. The van der Waals surface area contributed by atoms with Gasteiger partial charge in [0.2, 0.25) is 5.76 Å². The molecule has 0 saturated carbocycles. The zero-order valence-corrected chi connectivity index (χ0v) is 18.4. The molecule has 0 spiro atoms. The smallest absolute Gasteiger partial charge is 0.407 e. The van der Waals surface area contributed by atoms with Gasteiger partial charge in [0, 0.05) is 12.5 Å². The van der Waals surface area contributed by atoms with Gasteiger partial charge in [0.15, 0.2) is 6.39 Å². The highest BCUT2D eigenvalue weighted by Crippen LogP contribution is 2.44. The maximum atomic E-state index is 12.4. The summed E-state index contributed by atoms with van der Waals surface area (Å²) in [6.07, 6.45) is 2.94. The fraction of sp³-hybridized carbons (Fsp3) is 0.280. The van der Waals surface area contributed by atoms with Gasteiger partial charge in [0.05, 0.1) is 6.20 Å². The van der Waals surface area contributed by atoms with Crippen LogP contribution in [-0.4, -0.2) is 47.3 Å². The minimum atomic E-state index is -1.14. The summed E-state index contributed by atoms with van der Waals surface area (Å²) in [6.45, 7) is 0.455. The highest BCUT2D eigenvalue weighted by atomic mass is 16.5. The van der Waals surface area contributed by atoms with Crippen molar-refractivity contribution in [1.29, 1.82) is 0 Å². The van der Waals surface area contributed by atoms with Crippen LogP contribution in [0.3, 0.4) is 0 Å². The Morgan fingerprint density at radius 3 is 2.32 bits per heavy atom. The molecule has 0 fully saturated rings. The van der Waals surface area contributed by atoms with Gasteiger partial charge in [0.1, 0.15) is 12.6 Å². The van der Waals surface area contributed by atoms with Gasteiger partial charge in [-0.2, -0.15) is 0 Å². The molecular weight excluding hydrogens is 438 g/mol. The van der Waals surface area contributed by atoms with Gasteiger partial charge < -0.3 is 24.9 Å². The number of benzene rings is 2. The predicted octanol–water partition coefficient (Wildman–Crippen LogP) is 3.57. The van der Waals surface area contributed by atoms with Gasteiger partial charge in [-0.1, -0.05) is 48.5 Å². The molecule has 4 rings (SSSR count). The van der Waals surface area contributed by atoms with Crippen LogP contribution in [0, 0.1) is 0 Å². The van der Waals surface area contributed by atoms with E-state index in [9.17, 15) is 19.5 Å². The number of hydrogen-bond acceptors (Lipinski definition) is 6. The first-order valence-corrected chi connectivity index (χ1v) is 11.1. The van der Waals surface area contributed by atoms with E-state index in [2.05, 4.69) is 15.6 Å². The molecule has 2 amide bonds. The first kappa shape index (κ1) is 23.0. The third-order valence-corrected chi connectivity index (χ3v) is 5.80. The Morgan fingerprint density at radius 1 is 1.03 bits per heavy atom. The molecule has 0 radical (unpaired) electrons. The first-order valence-electron chi connectivity index (χ1n) is 11.1. The SMILES string of the molecule is O=C(N[C@@H](CCCCNC(=O)c1cnco1)C(=O)O)OCC1c2ccccc2-c2ccccc21. The van der Waals surface area contributed by atoms with Crippen molar-refractivity contribution in [3.63, 3.8) is 0 Å². The van der Waals surface area contributed by atoms with Crippen LogP contribution in [0.25, 0.3) is 11.1 Å². The quantitative estimate of drug-likeness (QED) is 0.392. The second kappa shape index (κ2) is 10.7. The molecule has 9 nitrogen and oxygen atoms in total. The van der Waals surface area contributed by atoms with Crippen LogP contribution in [-0.2, 0) is 9.53 Å². The van der Waals surface area contributed by atoms with Gasteiger partial charge in [-0.3, -0.25) is 4.79 Å². The van der Waals surface area contributed by atoms with Crippen molar-refractivity contribution in [2.45, 2.75) is 31.2 Å². The Balaban J connectivity index is 1.24. The summed E-state index contributed by atoms with van der Waals surface area (Å²) < 4.78 is 10.3. The van der Waals surface area contributed by atoms with E-state index in [-0.39, 0.29) is 30.6 Å². The van der Waals surface area contributed by atoms with E-state index in [1.807, 2.05) is 48.5 Å². The number of nitrogens with zero attached hydrogens (tertiary/aromatic N) is 1. The van der Waals surface area contributed by atoms with Gasteiger partial charge in [-0.25, -0.2) is 14.6 Å². The van der Waals surface area contributed by atoms with Gasteiger partial charge in [-0.15, -0.1) is 0 Å². The molecule has 1 aromatic heterocycles. The summed E-state index contributed by atoms with van der Waals surface area (Å²) in [6, 6.07) is 14.9. The molecule has 1 atom stereocenters. The topological polar surface area (TPSA) is 131 Å². The van der Waals surface area contributed by atoms with Crippen LogP contribution < -0.4 is 10.6 Å². The van der Waals surface area contributed by atoms with Crippen LogP contribution in [0.1, 0.15) is 46.9 Å². The van der Waals surface area contributed by atoms with Crippen molar-refractivity contribution < 1.29 is 28.6 Å². The lowest BCUT2D eigenvalue weighted by Gasteiger charge is -2.17. The Bertz CT molecular complexity index is 1120. The second-order valence-electron chi connectivity index (χ2n) is 7.98. The van der Waals surface area contributed by atoms with E-state index in [1.54, 1.807) is 0 Å². The number of rotatable bonds is 10. The van der Waals surface area contributed by atoms with Crippen molar-refractivity contribution >= 4 is 18.0 Å². The zero-order chi connectivity index (χ0) is 23.9. The van der Waals surface area contributed by atoms with Crippen LogP contribution in [0.2, 0.25) is 0 Å². The van der Waals surface area contributed by atoms with E-state index in [0.717, 1.165) is 22.3 Å². The van der Waals surface area contributed by atoms with Crippen molar-refractivity contribution in [2.24, 2.45) is 0 Å². The molecule has 34 heavy (non-hydrogen) atoms. The summed E-state index contributed by atoms with van der Waals surface area (Å²) in [5.74, 6) is -1.52. The molecular formula is C25H25N3O6. The average Bonchev–Trinajstić information content (AvgIpc) is 3.49. The maximum absolute atomic E-state index is 12.4. The molecule has 0 saturated heterocycles. The molecule has 176 valence electrons. The number of amides is 2. The van der Waals surface area contributed by atoms with E-state index >= 15 is 0 Å². The maximum Gasteiger partial charge on any atom is 0.407 e. The number of nitrogens with one attached hydrogen (secondary N) is 2. The van der Waals surface area contributed by atoms with E-state index in [0.29, 0.717) is 19.4 Å². The predicted molar refractivity (Wildman–Crippen MR) is 122 cm³/mol. The molecule has 3 aromatic rings. The minimum Gasteiger partial charge on any atom is -0.480 e. The van der Waals surface area contributed by atoms with Gasteiger partial charge in [0.25, 0.3) is 5.91 Å². The molecule has 0 bridgehead atoms. The Kier molecular flexibility index (Phi) is 7.22. The number of aromatic nitrogens is 1. The fourth-order valence-electron chi connectivity index (χ4n) is 4.13. The van der Waals surface area contributed by atoms with Gasteiger partial charge >= 0.3 is 12.1 Å². The summed E-state index contributed by atoms with van der Waals surface area (Å²) in [4.78, 5) is 39.4. The third kappa shape index (κ3) is 5.25. The number of aliphatic carboxylic acids is 1. The number of unbranched alkanes of at least 4 members (excludes halogenated alkanes) is 1. The Labute approximate surface area is 196 Å². The van der Waals surface area contributed by atoms with Crippen LogP contribution in [0.4, 0.5) is 4.79 Å². The highest BCUT2D eigenvalue weighted by molar-refractivity contribution is 5.90. The van der Waals surface area contributed by atoms with Crippen molar-refractivity contribution in [2.75, 3.05) is 13.2 Å². The molecule has 0 unspecified atom stereocenters. The summed E-state index contributed by atoms with van der Waals surface area (Å²) >= 11 is 0. The molecule has 2 aromatic carbocycles. The molecule has 1 aliphatic rings. The number of alkyl carbamates (subject to hydrolysis) is 1. The van der Waals surface area contributed by atoms with Crippen LogP contribution >= 0.6 is 0 Å². The lowest BCUT2D eigenvalue weighted by Crippen LogP contribution is -2.41. The number of carboxylic acids is 1. The summed E-state index contributed by atoms with van der Waals surface area (Å²) in [7, 11) is 0. The van der Waals surface area contributed by atoms with Crippen LogP contribution in [0.5, 0.6) is 0 Å². The number of carboxylic acid groups (broad SMARTS) is 1. The molecule has 9 heteroatoms. The first-order chi connectivity index (χ1) is 16.5. The van der Waals surface area contributed by atoms with E-state index in [4.69, 9.17) is 9.15 Å². The standard InChI is InChI=1S/C25H25N3O6/c29-23(22-13-26-15-34-22)27-12-6-5-11-21(24(30)31)28-25(32)33-14-20-18-9-3-1-7-16(18)17-8-2-4-10-19(17)20/h1-4,7-10,13,15,20-21H,5-6,11-12,14H2,(H,27,29)(H,28,32)(H,30,31)/t21-/m0/s1. The zero-order valence-electron chi connectivity index (χ0n) is 18.4. The molecule has 0 aliphatic heterocycles. The lowest BCUT2D eigenvalue weighted by molar-refractivity contribution is -0.139. The van der Waals surface area contributed by atoms with Gasteiger partial charge in [-0.05, 0) is 41.5 Å². The molecule has 1 heterocycles. The Hall–Kier alpha value is -4.14. The van der Waals surface area contributed by atoms with E-state index < -0.39 is 18.1 Å². The largest absolute Gasteiger partial charge is 0.480 e. The normalized spacial score (nSPS) is 12.9. The van der Waals surface area contributed by atoms with Crippen molar-refractivity contribution in [3.05, 3.63) is 78.0 Å². The number of hydrogen-bond donors (Lipinski definition) is 3. The number of carbonyl (C=O) groups excluding carboxylic acids is 2. The Morgan fingerprint density at radius 2 is 1.71 bits per heavy atom. The second-order valence-corrected chi connectivity index (χ2v) is 7.98. The number of oxazole rings is 1. The highest BCUT2D eigenvalue weighted by Gasteiger charge is 2.29. The summed E-state index contributed by atoms with van der Waals surface area (Å²) in [5.41, 5.74) is 4.40. The number of ether oxygens (including phenoxy) is 1. The molecule has 3 N–H and O–H groups in total. The number of fused-ring (bicyclic) bond motifs is 3. The number of carbonyl (C=O) groups is 3. The van der Waals surface area contributed by atoms with Crippen molar-refractivity contribution in [1.82, 2.24) is 15.6 Å². The summed E-state index contributed by atoms with van der Waals surface area (Å²) in [5, 5.41) is 14.6. The average molecular weight is 463 g/mol. The van der Waals surface area contributed by atoms with Crippen LogP contribution in [0.15, 0.2) is 65.5 Å². The lowest BCUT2D eigenvalue weighted by atomic mass is 9.98. The minimum absolute atomic E-state index is 0.102.